The van der Waals surface area contributed by atoms with Crippen molar-refractivity contribution in [3.8, 4) is 5.69 Å². The maximum atomic E-state index is 2.54. The van der Waals surface area contributed by atoms with Crippen molar-refractivity contribution in [1.82, 2.24) is 4.57 Å². The molecule has 10 rings (SSSR count). The molecule has 0 unspecified atom stereocenters. The molecule has 1 aliphatic rings. The van der Waals surface area contributed by atoms with E-state index in [9.17, 15) is 0 Å². The second-order valence-corrected chi connectivity index (χ2v) is 24.0. The second-order valence-electron chi connectivity index (χ2n) is 16.7. The zero-order valence-electron chi connectivity index (χ0n) is 34.4. The molecule has 1 aliphatic heterocycles. The van der Waals surface area contributed by atoms with Gasteiger partial charge < -0.3 is 4.57 Å². The molecule has 0 spiro atoms. The molecule has 294 valence electrons. The van der Waals surface area contributed by atoms with Crippen molar-refractivity contribution < 1.29 is 0 Å². The maximum absolute atomic E-state index is 2.93. The number of aromatic nitrogens is 1. The number of nitrogens with zero attached hydrogens (tertiary/aromatic N) is 1. The molecule has 0 saturated heterocycles. The molecule has 0 saturated carbocycles. The molecule has 0 amide bonds. The van der Waals surface area contributed by atoms with E-state index in [0.29, 0.717) is 0 Å². The number of hydrogen-bond acceptors (Lipinski definition) is 0. The van der Waals surface area contributed by atoms with E-state index in [1.807, 2.05) is 0 Å². The lowest BCUT2D eigenvalue weighted by atomic mass is 9.87. The van der Waals surface area contributed by atoms with Crippen molar-refractivity contribution in [3.05, 3.63) is 242 Å². The van der Waals surface area contributed by atoms with Gasteiger partial charge in [-0.25, -0.2) is 0 Å². The summed E-state index contributed by atoms with van der Waals surface area (Å²) in [7, 11) is -4.85. The maximum Gasteiger partial charge on any atom is 0.0541 e. The van der Waals surface area contributed by atoms with Gasteiger partial charge in [-0.3, -0.25) is 0 Å². The minimum atomic E-state index is -2.93. The minimum absolute atomic E-state index is 0.0567. The highest BCUT2D eigenvalue weighted by molar-refractivity contribution is 8.49. The van der Waals surface area contributed by atoms with Crippen molar-refractivity contribution >= 4 is 46.0 Å². The van der Waals surface area contributed by atoms with Gasteiger partial charge in [-0.05, 0) is 146 Å². The van der Waals surface area contributed by atoms with Crippen LogP contribution in [-0.2, 0) is 5.41 Å². The van der Waals surface area contributed by atoms with E-state index in [0.717, 1.165) is 5.69 Å². The second kappa shape index (κ2) is 14.7. The fourth-order valence-corrected chi connectivity index (χ4v) is 18.2. The van der Waals surface area contributed by atoms with E-state index >= 15 is 0 Å². The Balaban J connectivity index is 1.35. The molecular weight excluding hydrogens is 763 g/mol. The van der Waals surface area contributed by atoms with Gasteiger partial charge in [0.2, 0.25) is 0 Å². The summed E-state index contributed by atoms with van der Waals surface area (Å²) < 4.78 is 2.48. The first-order chi connectivity index (χ1) is 29.3. The van der Waals surface area contributed by atoms with Crippen LogP contribution in [-0.4, -0.2) is 9.93 Å². The average molecular weight is 812 g/mol. The molecule has 0 aliphatic carbocycles. The molecule has 0 radical (unpaired) electrons. The number of rotatable bonds is 8. The predicted molar refractivity (Wildman–Crippen MR) is 259 cm³/mol. The summed E-state index contributed by atoms with van der Waals surface area (Å²) in [6.45, 7) is 6.85. The first-order valence-electron chi connectivity index (χ1n) is 20.8. The molecule has 2 heterocycles. The third-order valence-corrected chi connectivity index (χ3v) is 21.5. The van der Waals surface area contributed by atoms with Crippen molar-refractivity contribution in [1.29, 1.82) is 0 Å². The molecule has 9 aromatic rings. The van der Waals surface area contributed by atoms with Crippen LogP contribution >= 0.6 is 18.8 Å². The first-order valence-corrected chi connectivity index (χ1v) is 24.6. The Bertz CT molecular complexity index is 2980. The van der Waals surface area contributed by atoms with Crippen LogP contribution in [0.1, 0.15) is 26.3 Å². The number of hydrogen-bond donors (Lipinski definition) is 0. The third kappa shape index (κ3) is 5.75. The van der Waals surface area contributed by atoms with Gasteiger partial charge in [0.05, 0.1) is 11.0 Å². The van der Waals surface area contributed by atoms with Gasteiger partial charge in [-0.1, -0.05) is 142 Å². The lowest BCUT2D eigenvalue weighted by Crippen LogP contribution is -2.12. The average Bonchev–Trinajstić information content (AvgIpc) is 3.64. The topological polar surface area (TPSA) is 4.93 Å². The molecular formula is C57H49NS2. The Kier molecular flexibility index (Phi) is 9.28. The van der Waals surface area contributed by atoms with Crippen LogP contribution in [0.3, 0.4) is 0 Å². The van der Waals surface area contributed by atoms with Crippen LogP contribution in [0.4, 0.5) is 0 Å². The monoisotopic (exact) mass is 811 g/mol. The van der Waals surface area contributed by atoms with E-state index < -0.39 is 18.8 Å². The van der Waals surface area contributed by atoms with Crippen LogP contribution < -0.4 is 0 Å². The van der Waals surface area contributed by atoms with Crippen LogP contribution in [0.2, 0.25) is 0 Å². The molecule has 1 nitrogen and oxygen atoms in total. The molecule has 0 N–H and O–H groups in total. The van der Waals surface area contributed by atoms with Gasteiger partial charge in [0.25, 0.3) is 0 Å². The van der Waals surface area contributed by atoms with Crippen LogP contribution in [0.5, 0.6) is 0 Å². The fraction of sp³-hybridized carbons (Fsp3) is 0.0702. The Morgan fingerprint density at radius 3 is 1.33 bits per heavy atom. The lowest BCUT2D eigenvalue weighted by Gasteiger charge is -2.49. The molecule has 8 aromatic carbocycles. The van der Waals surface area contributed by atoms with Crippen LogP contribution in [0.15, 0.2) is 270 Å². The van der Waals surface area contributed by atoms with E-state index in [2.05, 4.69) is 267 Å². The highest BCUT2D eigenvalue weighted by Crippen LogP contribution is 2.79. The van der Waals surface area contributed by atoms with Crippen molar-refractivity contribution in [2.24, 2.45) is 0 Å². The largest absolute Gasteiger partial charge is 0.309 e. The van der Waals surface area contributed by atoms with Gasteiger partial charge >= 0.3 is 0 Å². The Labute approximate surface area is 356 Å². The van der Waals surface area contributed by atoms with Crippen LogP contribution in [0.25, 0.3) is 27.5 Å². The fourth-order valence-electron chi connectivity index (χ4n) is 9.36. The summed E-state index contributed by atoms with van der Waals surface area (Å²) in [5.41, 5.74) is 4.93. The van der Waals surface area contributed by atoms with E-state index in [-0.39, 0.29) is 5.41 Å². The SMILES string of the molecule is CC(C)(C)c1ccc(-n2c3ccc(S(c4ccccc4)(c4ccccc4)c4ccccc4)cc3c3cc(S4(c5ccccc5)(c5ccccc5)=CC=CC=C4)ccc32)cc1. The number of benzene rings is 8. The quantitative estimate of drug-likeness (QED) is 0.135. The first kappa shape index (κ1) is 37.9. The normalized spacial score (nSPS) is 15.6. The third-order valence-electron chi connectivity index (χ3n) is 12.3. The van der Waals surface area contributed by atoms with Crippen molar-refractivity contribution in [2.75, 3.05) is 0 Å². The standard InChI is InChI=1S/C57H49NS2/c1-57(2,3)44-32-34-45(35-33-44)58-55-38-36-49(59(46-22-10-4-11-23-46,47-24-12-5-13-25-47)48-26-14-6-15-27-48)42-53(55)54-43-52(37-39-56(54)58)60(40-20-9-21-41-60,50-28-16-7-17-29-50)51-30-18-8-19-31-51/h4-43H,1-3H3. The van der Waals surface area contributed by atoms with Gasteiger partial charge in [0.15, 0.2) is 0 Å². The zero-order chi connectivity index (χ0) is 40.8. The van der Waals surface area contributed by atoms with E-state index in [1.165, 1.54) is 61.6 Å². The summed E-state index contributed by atoms with van der Waals surface area (Å²) in [6, 6.07) is 79.8. The lowest BCUT2D eigenvalue weighted by molar-refractivity contribution is 0.590. The van der Waals surface area contributed by atoms with Gasteiger partial charge in [0.1, 0.15) is 0 Å². The van der Waals surface area contributed by atoms with E-state index in [4.69, 9.17) is 0 Å². The summed E-state index contributed by atoms with van der Waals surface area (Å²) >= 11 is 0. The summed E-state index contributed by atoms with van der Waals surface area (Å²) in [5, 5.41) is 7.50. The highest BCUT2D eigenvalue weighted by Gasteiger charge is 2.38. The molecule has 0 atom stereocenters. The van der Waals surface area contributed by atoms with Crippen molar-refractivity contribution in [2.45, 2.75) is 60.5 Å². The molecule has 0 bridgehead atoms. The summed E-state index contributed by atoms with van der Waals surface area (Å²) in [6.07, 6.45) is 6.70. The Hall–Kier alpha value is -6.39. The summed E-state index contributed by atoms with van der Waals surface area (Å²) in [5.74, 6) is 0. The molecule has 0 fully saturated rings. The van der Waals surface area contributed by atoms with Gasteiger partial charge in [-0.2, -0.15) is 8.75 Å². The van der Waals surface area contributed by atoms with Crippen LogP contribution in [0, 0.1) is 0 Å². The highest BCUT2D eigenvalue weighted by atomic mass is 32.3. The summed E-state index contributed by atoms with van der Waals surface area (Å²) in [4.78, 5) is 9.17. The number of fused-ring (bicyclic) bond motifs is 3. The molecule has 60 heavy (non-hydrogen) atoms. The van der Waals surface area contributed by atoms with Crippen molar-refractivity contribution in [3.63, 3.8) is 0 Å². The number of allylic oxidation sites excluding steroid dienone is 3. The molecule has 1 aromatic heterocycles. The van der Waals surface area contributed by atoms with E-state index in [1.54, 1.807) is 0 Å². The predicted octanol–water partition coefficient (Wildman–Crippen LogP) is 16.1. The Morgan fingerprint density at radius 2 is 0.867 bits per heavy atom. The molecule has 3 heteroatoms. The van der Waals surface area contributed by atoms with Gasteiger partial charge in [0, 0.05) is 36.0 Å². The Morgan fingerprint density at radius 1 is 0.400 bits per heavy atom. The van der Waals surface area contributed by atoms with Gasteiger partial charge in [-0.15, -0.1) is 10.0 Å². The zero-order valence-corrected chi connectivity index (χ0v) is 36.0. The minimum Gasteiger partial charge on any atom is -0.309 e. The smallest absolute Gasteiger partial charge is 0.0541 e.